The molecule has 1 heterocycles. The molecule has 0 saturated heterocycles. The number of nitrogens with one attached hydrogen (secondary N) is 1. The number of esters is 1. The summed E-state index contributed by atoms with van der Waals surface area (Å²) in [7, 11) is 0. The van der Waals surface area contributed by atoms with Gasteiger partial charge in [0.2, 0.25) is 0 Å². The first-order valence-corrected chi connectivity index (χ1v) is 8.18. The summed E-state index contributed by atoms with van der Waals surface area (Å²) in [5.41, 5.74) is 1.74. The summed E-state index contributed by atoms with van der Waals surface area (Å²) in [5, 5.41) is 3.09. The third-order valence-corrected chi connectivity index (χ3v) is 3.74. The Balaban J connectivity index is 2.09. The number of hydrogen-bond acceptors (Lipinski definition) is 5. The lowest BCUT2D eigenvalue weighted by Crippen LogP contribution is -2.38. The van der Waals surface area contributed by atoms with E-state index in [1.165, 1.54) is 0 Å². The molecule has 0 saturated carbocycles. The Labute approximate surface area is 142 Å². The van der Waals surface area contributed by atoms with Gasteiger partial charge in [-0.05, 0) is 31.0 Å². The zero-order valence-electron chi connectivity index (χ0n) is 14.1. The molecule has 2 aromatic rings. The van der Waals surface area contributed by atoms with Crippen LogP contribution in [0.1, 0.15) is 41.9 Å². The van der Waals surface area contributed by atoms with Crippen molar-refractivity contribution in [2.45, 2.75) is 39.3 Å². The molecule has 0 bridgehead atoms. The van der Waals surface area contributed by atoms with Crippen molar-refractivity contribution in [2.75, 3.05) is 6.61 Å². The van der Waals surface area contributed by atoms with Crippen LogP contribution in [0.5, 0.6) is 0 Å². The van der Waals surface area contributed by atoms with Gasteiger partial charge >= 0.3 is 5.97 Å². The molecule has 0 fully saturated rings. The van der Waals surface area contributed by atoms with E-state index in [0.717, 1.165) is 12.0 Å². The van der Waals surface area contributed by atoms with E-state index in [1.807, 2.05) is 18.2 Å². The van der Waals surface area contributed by atoms with E-state index in [0.29, 0.717) is 24.5 Å². The van der Waals surface area contributed by atoms with Crippen LogP contribution >= 0.6 is 0 Å². The first-order chi connectivity index (χ1) is 11.6. The Bertz CT molecular complexity index is 647. The largest absolute Gasteiger partial charge is 0.468 e. The van der Waals surface area contributed by atoms with Crippen LogP contribution in [0.4, 0.5) is 0 Å². The van der Waals surface area contributed by atoms with Crippen LogP contribution in [-0.4, -0.2) is 24.4 Å². The predicted molar refractivity (Wildman–Crippen MR) is 90.7 cm³/mol. The van der Waals surface area contributed by atoms with Crippen LogP contribution in [0.15, 0.2) is 47.1 Å². The molecule has 1 atom stereocenters. The molecule has 0 amide bonds. The minimum absolute atomic E-state index is 0.0110. The Morgan fingerprint density at radius 1 is 1.17 bits per heavy atom. The summed E-state index contributed by atoms with van der Waals surface area (Å²) >= 11 is 0. The van der Waals surface area contributed by atoms with Crippen molar-refractivity contribution in [3.05, 3.63) is 59.5 Å². The normalized spacial score (nSPS) is 11.9. The van der Waals surface area contributed by atoms with Crippen LogP contribution in [-0.2, 0) is 22.5 Å². The second kappa shape index (κ2) is 9.03. The van der Waals surface area contributed by atoms with E-state index in [2.05, 4.69) is 12.2 Å². The highest BCUT2D eigenvalue weighted by Crippen LogP contribution is 2.11. The number of rotatable bonds is 9. The molecule has 1 N–H and O–H groups in total. The van der Waals surface area contributed by atoms with Crippen molar-refractivity contribution in [1.29, 1.82) is 0 Å². The average molecular weight is 329 g/mol. The summed E-state index contributed by atoms with van der Waals surface area (Å²) in [6.07, 6.45) is 2.48. The number of Topliss-reactive ketones (excluding diaryl/α,β-unsaturated/α-hetero) is 1. The van der Waals surface area contributed by atoms with Gasteiger partial charge < -0.3 is 9.15 Å². The molecule has 0 aliphatic heterocycles. The maximum atomic E-state index is 12.7. The zero-order valence-corrected chi connectivity index (χ0v) is 14.1. The number of hydrogen-bond donors (Lipinski definition) is 1. The minimum atomic E-state index is -0.651. The lowest BCUT2D eigenvalue weighted by atomic mass is 9.99. The van der Waals surface area contributed by atoms with Gasteiger partial charge in [-0.1, -0.05) is 31.2 Å². The SMILES string of the molecule is CCOC(=O)CC(NCc1ccco1)C(=O)c1ccc(CC)cc1. The van der Waals surface area contributed by atoms with Gasteiger partial charge in [-0.15, -0.1) is 0 Å². The molecule has 1 aromatic carbocycles. The summed E-state index contributed by atoms with van der Waals surface area (Å²) < 4.78 is 10.2. The highest BCUT2D eigenvalue weighted by atomic mass is 16.5. The van der Waals surface area contributed by atoms with Crippen molar-refractivity contribution in [1.82, 2.24) is 5.32 Å². The van der Waals surface area contributed by atoms with Gasteiger partial charge in [0.05, 0.1) is 31.9 Å². The van der Waals surface area contributed by atoms with Crippen molar-refractivity contribution < 1.29 is 18.7 Å². The standard InChI is InChI=1S/C19H23NO4/c1-3-14-7-9-15(10-8-14)19(22)17(12-18(21)23-4-2)20-13-16-6-5-11-24-16/h5-11,17,20H,3-4,12-13H2,1-2H3. The second-order valence-corrected chi connectivity index (χ2v) is 5.44. The molecular formula is C19H23NO4. The summed E-state index contributed by atoms with van der Waals surface area (Å²) in [6.45, 7) is 4.47. The molecule has 5 nitrogen and oxygen atoms in total. The topological polar surface area (TPSA) is 68.5 Å². The molecule has 1 aromatic heterocycles. The van der Waals surface area contributed by atoms with Crippen LogP contribution in [0, 0.1) is 0 Å². The van der Waals surface area contributed by atoms with E-state index in [4.69, 9.17) is 9.15 Å². The molecule has 5 heteroatoms. The van der Waals surface area contributed by atoms with E-state index in [1.54, 1.807) is 31.4 Å². The Morgan fingerprint density at radius 2 is 1.92 bits per heavy atom. The number of ether oxygens (including phenoxy) is 1. The van der Waals surface area contributed by atoms with Crippen LogP contribution in [0.2, 0.25) is 0 Å². The molecule has 0 radical (unpaired) electrons. The molecule has 0 aliphatic carbocycles. The molecule has 0 spiro atoms. The van der Waals surface area contributed by atoms with Crippen LogP contribution in [0.25, 0.3) is 0 Å². The van der Waals surface area contributed by atoms with Gasteiger partial charge in [0.25, 0.3) is 0 Å². The van der Waals surface area contributed by atoms with Crippen molar-refractivity contribution in [2.24, 2.45) is 0 Å². The molecule has 24 heavy (non-hydrogen) atoms. The van der Waals surface area contributed by atoms with Gasteiger partial charge in [0.15, 0.2) is 5.78 Å². The third-order valence-electron chi connectivity index (χ3n) is 3.74. The molecule has 1 unspecified atom stereocenters. The summed E-state index contributed by atoms with van der Waals surface area (Å²) in [6, 6.07) is 10.4. The fraction of sp³-hybridized carbons (Fsp3) is 0.368. The summed E-state index contributed by atoms with van der Waals surface area (Å²) in [5.74, 6) is 0.184. The summed E-state index contributed by atoms with van der Waals surface area (Å²) in [4.78, 5) is 24.6. The van der Waals surface area contributed by atoms with E-state index < -0.39 is 12.0 Å². The quantitative estimate of drug-likeness (QED) is 0.565. The predicted octanol–water partition coefficient (Wildman–Crippen LogP) is 3.14. The number of carbonyl (C=O) groups is 2. The number of carbonyl (C=O) groups excluding carboxylic acids is 2. The van der Waals surface area contributed by atoms with Gasteiger partial charge in [-0.3, -0.25) is 14.9 Å². The zero-order chi connectivity index (χ0) is 17.4. The van der Waals surface area contributed by atoms with E-state index in [-0.39, 0.29) is 12.2 Å². The van der Waals surface area contributed by atoms with Crippen molar-refractivity contribution in [3.8, 4) is 0 Å². The lowest BCUT2D eigenvalue weighted by molar-refractivity contribution is -0.143. The van der Waals surface area contributed by atoms with Gasteiger partial charge in [-0.2, -0.15) is 0 Å². The van der Waals surface area contributed by atoms with Gasteiger partial charge in [0, 0.05) is 5.56 Å². The van der Waals surface area contributed by atoms with Crippen LogP contribution < -0.4 is 5.32 Å². The first-order valence-electron chi connectivity index (χ1n) is 8.18. The second-order valence-electron chi connectivity index (χ2n) is 5.44. The fourth-order valence-electron chi connectivity index (χ4n) is 2.39. The maximum Gasteiger partial charge on any atom is 0.307 e. The highest BCUT2D eigenvalue weighted by molar-refractivity contribution is 6.01. The smallest absolute Gasteiger partial charge is 0.307 e. The van der Waals surface area contributed by atoms with Crippen molar-refractivity contribution in [3.63, 3.8) is 0 Å². The molecular weight excluding hydrogens is 306 g/mol. The van der Waals surface area contributed by atoms with E-state index >= 15 is 0 Å². The fourth-order valence-corrected chi connectivity index (χ4v) is 2.39. The average Bonchev–Trinajstić information content (AvgIpc) is 3.12. The van der Waals surface area contributed by atoms with Gasteiger partial charge in [0.1, 0.15) is 5.76 Å². The van der Waals surface area contributed by atoms with Crippen molar-refractivity contribution >= 4 is 11.8 Å². The number of furan rings is 1. The monoisotopic (exact) mass is 329 g/mol. The maximum absolute atomic E-state index is 12.7. The number of aryl methyl sites for hydroxylation is 1. The number of ketones is 1. The van der Waals surface area contributed by atoms with Gasteiger partial charge in [-0.25, -0.2) is 0 Å². The third kappa shape index (κ3) is 5.06. The first kappa shape index (κ1) is 17.9. The Hall–Kier alpha value is -2.40. The van der Waals surface area contributed by atoms with Crippen LogP contribution in [0.3, 0.4) is 0 Å². The number of benzene rings is 1. The molecule has 0 aliphatic rings. The Morgan fingerprint density at radius 3 is 2.50 bits per heavy atom. The Kier molecular flexibility index (Phi) is 6.75. The minimum Gasteiger partial charge on any atom is -0.468 e. The lowest BCUT2D eigenvalue weighted by Gasteiger charge is -2.16. The highest BCUT2D eigenvalue weighted by Gasteiger charge is 2.23. The molecule has 128 valence electrons. The molecule has 2 rings (SSSR count). The van der Waals surface area contributed by atoms with E-state index in [9.17, 15) is 9.59 Å².